The van der Waals surface area contributed by atoms with E-state index in [0.29, 0.717) is 16.9 Å². The lowest BCUT2D eigenvalue weighted by atomic mass is 10.0. The maximum Gasteiger partial charge on any atom is 0.0181 e. The van der Waals surface area contributed by atoms with Gasteiger partial charge in [0.05, 0.1) is 0 Å². The Bertz CT molecular complexity index is 159. The van der Waals surface area contributed by atoms with Crippen molar-refractivity contribution in [2.45, 2.75) is 40.2 Å². The predicted molar refractivity (Wildman–Crippen MR) is 57.9 cm³/mol. The molecule has 0 heterocycles. The maximum atomic E-state index is 3.63. The van der Waals surface area contributed by atoms with Crippen LogP contribution >= 0.6 is 0 Å². The third kappa shape index (κ3) is 1.89. The Kier molecular flexibility index (Phi) is 3.03. The zero-order valence-corrected chi connectivity index (χ0v) is 9.70. The van der Waals surface area contributed by atoms with Crippen molar-refractivity contribution >= 4 is 0 Å². The lowest BCUT2D eigenvalue weighted by Crippen LogP contribution is -2.25. The van der Waals surface area contributed by atoms with Gasteiger partial charge in [0.15, 0.2) is 0 Å². The minimum absolute atomic E-state index is 0.479. The molecule has 0 aromatic rings. The average molecular weight is 184 g/mol. The summed E-state index contributed by atoms with van der Waals surface area (Å²) >= 11 is 0. The van der Waals surface area contributed by atoms with E-state index in [2.05, 4.69) is 38.3 Å². The number of hydrogen-bond acceptors (Lipinski definition) is 2. The largest absolute Gasteiger partial charge is 0.320 e. The van der Waals surface area contributed by atoms with Gasteiger partial charge in [-0.1, -0.05) is 27.7 Å². The highest BCUT2D eigenvalue weighted by Gasteiger charge is 2.64. The highest BCUT2D eigenvalue weighted by Crippen LogP contribution is 2.62. The SMILES string of the molecule is CNCCCNC1C(C)(C)C1(C)C. The van der Waals surface area contributed by atoms with E-state index in [9.17, 15) is 0 Å². The van der Waals surface area contributed by atoms with Crippen molar-refractivity contribution in [3.8, 4) is 0 Å². The molecule has 0 amide bonds. The third-order valence-electron chi connectivity index (χ3n) is 3.97. The standard InChI is InChI=1S/C11H24N2/c1-10(2)9(11(10,3)4)13-8-6-7-12-5/h9,12-13H,6-8H2,1-5H3. The monoisotopic (exact) mass is 184 g/mol. The van der Waals surface area contributed by atoms with E-state index >= 15 is 0 Å². The molecular weight excluding hydrogens is 160 g/mol. The summed E-state index contributed by atoms with van der Waals surface area (Å²) in [6, 6.07) is 0.705. The normalized spacial score (nSPS) is 24.7. The van der Waals surface area contributed by atoms with Gasteiger partial charge in [-0.15, -0.1) is 0 Å². The van der Waals surface area contributed by atoms with E-state index < -0.39 is 0 Å². The van der Waals surface area contributed by atoms with Gasteiger partial charge < -0.3 is 10.6 Å². The lowest BCUT2D eigenvalue weighted by Gasteiger charge is -2.05. The summed E-state index contributed by atoms with van der Waals surface area (Å²) < 4.78 is 0. The van der Waals surface area contributed by atoms with Crippen molar-refractivity contribution in [2.24, 2.45) is 10.8 Å². The van der Waals surface area contributed by atoms with Crippen molar-refractivity contribution in [3.63, 3.8) is 0 Å². The van der Waals surface area contributed by atoms with Crippen LogP contribution in [0.4, 0.5) is 0 Å². The first-order chi connectivity index (χ1) is 5.94. The van der Waals surface area contributed by atoms with Gasteiger partial charge in [-0.3, -0.25) is 0 Å². The molecule has 1 saturated carbocycles. The molecule has 0 radical (unpaired) electrons. The number of rotatable bonds is 5. The topological polar surface area (TPSA) is 24.1 Å². The van der Waals surface area contributed by atoms with Crippen LogP contribution in [0.5, 0.6) is 0 Å². The molecule has 0 spiro atoms. The molecule has 0 bridgehead atoms. The first-order valence-corrected chi connectivity index (χ1v) is 5.32. The molecule has 1 aliphatic rings. The molecule has 1 aliphatic carbocycles. The van der Waals surface area contributed by atoms with Crippen LogP contribution in [-0.2, 0) is 0 Å². The highest BCUT2D eigenvalue weighted by molar-refractivity contribution is 5.17. The second kappa shape index (κ2) is 3.58. The Balaban J connectivity index is 2.19. The van der Waals surface area contributed by atoms with E-state index in [4.69, 9.17) is 0 Å². The molecule has 0 atom stereocenters. The minimum Gasteiger partial charge on any atom is -0.320 e. The minimum atomic E-state index is 0.479. The number of nitrogens with one attached hydrogen (secondary N) is 2. The van der Waals surface area contributed by atoms with E-state index in [-0.39, 0.29) is 0 Å². The van der Waals surface area contributed by atoms with Gasteiger partial charge in [0, 0.05) is 6.04 Å². The second-order valence-electron chi connectivity index (χ2n) is 5.29. The van der Waals surface area contributed by atoms with E-state index in [1.54, 1.807) is 0 Å². The molecule has 1 rings (SSSR count). The summed E-state index contributed by atoms with van der Waals surface area (Å²) in [6.07, 6.45) is 1.22. The number of hydrogen-bond donors (Lipinski definition) is 2. The van der Waals surface area contributed by atoms with Crippen LogP contribution in [0.2, 0.25) is 0 Å². The van der Waals surface area contributed by atoms with Crippen molar-refractivity contribution in [2.75, 3.05) is 20.1 Å². The van der Waals surface area contributed by atoms with Crippen LogP contribution in [-0.4, -0.2) is 26.2 Å². The molecule has 13 heavy (non-hydrogen) atoms. The molecule has 0 aromatic heterocycles. The second-order valence-corrected chi connectivity index (χ2v) is 5.29. The van der Waals surface area contributed by atoms with Gasteiger partial charge in [-0.25, -0.2) is 0 Å². The van der Waals surface area contributed by atoms with Gasteiger partial charge in [0.1, 0.15) is 0 Å². The summed E-state index contributed by atoms with van der Waals surface area (Å²) in [7, 11) is 2.00. The molecule has 1 fully saturated rings. The van der Waals surface area contributed by atoms with Crippen molar-refractivity contribution in [3.05, 3.63) is 0 Å². The van der Waals surface area contributed by atoms with Crippen LogP contribution < -0.4 is 10.6 Å². The van der Waals surface area contributed by atoms with Crippen molar-refractivity contribution in [1.82, 2.24) is 10.6 Å². The molecule has 2 nitrogen and oxygen atoms in total. The van der Waals surface area contributed by atoms with E-state index in [1.165, 1.54) is 6.42 Å². The summed E-state index contributed by atoms with van der Waals surface area (Å²) in [5, 5.41) is 6.80. The molecule has 0 saturated heterocycles. The van der Waals surface area contributed by atoms with Crippen LogP contribution in [0.25, 0.3) is 0 Å². The Hall–Kier alpha value is -0.0800. The quantitative estimate of drug-likeness (QED) is 0.634. The highest BCUT2D eigenvalue weighted by atomic mass is 15.0. The van der Waals surface area contributed by atoms with E-state index in [1.807, 2.05) is 7.05 Å². The molecule has 2 N–H and O–H groups in total. The van der Waals surface area contributed by atoms with Gasteiger partial charge in [0.2, 0.25) is 0 Å². The molecule has 0 aromatic carbocycles. The molecule has 0 aliphatic heterocycles. The summed E-state index contributed by atoms with van der Waals surface area (Å²) in [5.74, 6) is 0. The molecule has 78 valence electrons. The zero-order valence-electron chi connectivity index (χ0n) is 9.70. The summed E-state index contributed by atoms with van der Waals surface area (Å²) in [5.41, 5.74) is 0.958. The van der Waals surface area contributed by atoms with Gasteiger partial charge in [0.25, 0.3) is 0 Å². The summed E-state index contributed by atoms with van der Waals surface area (Å²) in [4.78, 5) is 0. The third-order valence-corrected chi connectivity index (χ3v) is 3.97. The van der Waals surface area contributed by atoms with Crippen LogP contribution in [0.1, 0.15) is 34.1 Å². The fourth-order valence-corrected chi connectivity index (χ4v) is 2.22. The van der Waals surface area contributed by atoms with Crippen molar-refractivity contribution in [1.29, 1.82) is 0 Å². The Morgan fingerprint density at radius 1 is 1.00 bits per heavy atom. The van der Waals surface area contributed by atoms with Crippen LogP contribution in [0.3, 0.4) is 0 Å². The van der Waals surface area contributed by atoms with E-state index in [0.717, 1.165) is 13.1 Å². The van der Waals surface area contributed by atoms with Crippen molar-refractivity contribution < 1.29 is 0 Å². The molecule has 0 unspecified atom stereocenters. The van der Waals surface area contributed by atoms with Gasteiger partial charge >= 0.3 is 0 Å². The smallest absolute Gasteiger partial charge is 0.0181 e. The van der Waals surface area contributed by atoms with Gasteiger partial charge in [-0.2, -0.15) is 0 Å². The molecular formula is C11H24N2. The Labute approximate surface area is 82.5 Å². The summed E-state index contributed by atoms with van der Waals surface area (Å²) in [6.45, 7) is 11.6. The Morgan fingerprint density at radius 3 is 1.92 bits per heavy atom. The fraction of sp³-hybridized carbons (Fsp3) is 1.00. The van der Waals surface area contributed by atoms with Crippen LogP contribution in [0, 0.1) is 10.8 Å². The Morgan fingerprint density at radius 2 is 1.54 bits per heavy atom. The first-order valence-electron chi connectivity index (χ1n) is 5.32. The van der Waals surface area contributed by atoms with Gasteiger partial charge in [-0.05, 0) is 37.4 Å². The predicted octanol–water partition coefficient (Wildman–Crippen LogP) is 1.62. The van der Waals surface area contributed by atoms with Crippen LogP contribution in [0.15, 0.2) is 0 Å². The molecule has 2 heteroatoms. The first kappa shape index (κ1) is 11.0. The maximum absolute atomic E-state index is 3.63. The zero-order chi connectivity index (χ0) is 10.1. The average Bonchev–Trinajstić information content (AvgIpc) is 2.39. The fourth-order valence-electron chi connectivity index (χ4n) is 2.22. The lowest BCUT2D eigenvalue weighted by molar-refractivity contribution is 0.457.